The molecule has 0 aromatic heterocycles. The van der Waals surface area contributed by atoms with Crippen LogP contribution in [0.3, 0.4) is 0 Å². The summed E-state index contributed by atoms with van der Waals surface area (Å²) in [4.78, 5) is 0.149. The molecule has 3 rings (SSSR count). The minimum absolute atomic E-state index is 0.107. The van der Waals surface area contributed by atoms with Crippen LogP contribution in [-0.2, 0) is 19.7 Å². The largest absolute Gasteiger partial charge is 0.494 e. The minimum Gasteiger partial charge on any atom is -0.494 e. The van der Waals surface area contributed by atoms with Gasteiger partial charge in [0.05, 0.1) is 28.3 Å². The van der Waals surface area contributed by atoms with Gasteiger partial charge in [-0.1, -0.05) is 12.8 Å². The van der Waals surface area contributed by atoms with E-state index in [4.69, 9.17) is 4.74 Å². The van der Waals surface area contributed by atoms with Crippen molar-refractivity contribution < 1.29 is 21.6 Å². The second kappa shape index (κ2) is 7.25. The predicted molar refractivity (Wildman–Crippen MR) is 96.4 cm³/mol. The summed E-state index contributed by atoms with van der Waals surface area (Å²) in [6.45, 7) is 2.35. The molecule has 1 aromatic rings. The fraction of sp³-hybridized carbons (Fsp3) is 0.647. The molecular formula is C17H25NO5S2. The molecule has 0 spiro atoms. The first-order valence-electron chi connectivity index (χ1n) is 8.75. The lowest BCUT2D eigenvalue weighted by molar-refractivity contribution is 0.340. The number of ether oxygens (including phenoxy) is 1. The molecule has 140 valence electrons. The summed E-state index contributed by atoms with van der Waals surface area (Å²) in [5.74, 6) is 0.179. The molecule has 0 bridgehead atoms. The summed E-state index contributed by atoms with van der Waals surface area (Å²) in [7, 11) is -7.09. The smallest absolute Gasteiger partial charge is 0.183 e. The third kappa shape index (κ3) is 4.17. The van der Waals surface area contributed by atoms with Gasteiger partial charge in [0.25, 0.3) is 0 Å². The molecule has 1 aliphatic carbocycles. The molecule has 1 saturated carbocycles. The highest BCUT2D eigenvalue weighted by molar-refractivity contribution is 7.96. The van der Waals surface area contributed by atoms with Crippen LogP contribution in [0.2, 0.25) is 0 Å². The van der Waals surface area contributed by atoms with Gasteiger partial charge in [0.15, 0.2) is 19.7 Å². The first-order valence-corrected chi connectivity index (χ1v) is 12.1. The third-order valence-electron chi connectivity index (χ3n) is 4.97. The number of rotatable bonds is 6. The number of sulfone groups is 2. The van der Waals surface area contributed by atoms with E-state index in [1.807, 2.05) is 6.92 Å². The molecule has 2 atom stereocenters. The monoisotopic (exact) mass is 387 g/mol. The van der Waals surface area contributed by atoms with E-state index in [0.29, 0.717) is 12.4 Å². The summed E-state index contributed by atoms with van der Waals surface area (Å²) in [6, 6.07) is 5.90. The van der Waals surface area contributed by atoms with E-state index in [1.54, 1.807) is 12.1 Å². The summed E-state index contributed by atoms with van der Waals surface area (Å²) in [6.07, 6.45) is 4.17. The zero-order valence-corrected chi connectivity index (χ0v) is 16.0. The average molecular weight is 388 g/mol. The van der Waals surface area contributed by atoms with Crippen molar-refractivity contribution in [2.24, 2.45) is 0 Å². The second-order valence-corrected chi connectivity index (χ2v) is 11.1. The molecule has 1 saturated heterocycles. The van der Waals surface area contributed by atoms with Gasteiger partial charge in [-0.15, -0.1) is 0 Å². The Kier molecular flexibility index (Phi) is 5.41. The van der Waals surface area contributed by atoms with Crippen LogP contribution in [0.15, 0.2) is 29.2 Å². The summed E-state index contributed by atoms with van der Waals surface area (Å²) in [5.41, 5.74) is 0. The number of hydrogen-bond donors (Lipinski definition) is 1. The zero-order chi connectivity index (χ0) is 18.1. The van der Waals surface area contributed by atoms with Gasteiger partial charge >= 0.3 is 0 Å². The highest BCUT2D eigenvalue weighted by Gasteiger charge is 2.46. The number of nitrogens with one attached hydrogen (secondary N) is 1. The van der Waals surface area contributed by atoms with Crippen molar-refractivity contribution in [1.82, 2.24) is 5.32 Å². The molecule has 1 aromatic carbocycles. The van der Waals surface area contributed by atoms with Gasteiger partial charge in [-0.3, -0.25) is 0 Å². The van der Waals surface area contributed by atoms with Crippen LogP contribution in [0.4, 0.5) is 0 Å². The normalized spacial score (nSPS) is 26.8. The maximum absolute atomic E-state index is 13.0. The van der Waals surface area contributed by atoms with Gasteiger partial charge in [-0.2, -0.15) is 0 Å². The van der Waals surface area contributed by atoms with Crippen molar-refractivity contribution >= 4 is 19.7 Å². The topological polar surface area (TPSA) is 89.5 Å². The van der Waals surface area contributed by atoms with E-state index in [1.165, 1.54) is 12.1 Å². The Bertz CT molecular complexity index is 796. The van der Waals surface area contributed by atoms with Crippen molar-refractivity contribution in [3.63, 3.8) is 0 Å². The molecular weight excluding hydrogens is 362 g/mol. The summed E-state index contributed by atoms with van der Waals surface area (Å²) < 4.78 is 55.6. The molecule has 6 nitrogen and oxygen atoms in total. The molecule has 1 N–H and O–H groups in total. The number of benzene rings is 1. The molecule has 0 radical (unpaired) electrons. The van der Waals surface area contributed by atoms with E-state index < -0.39 is 31.0 Å². The second-order valence-electron chi connectivity index (χ2n) is 6.82. The SMILES string of the molecule is CCOc1ccc(S(=O)(=O)C2CS(=O)(=O)CC2NC2CCCC2)cc1. The highest BCUT2D eigenvalue weighted by Crippen LogP contribution is 2.29. The van der Waals surface area contributed by atoms with Crippen LogP contribution in [0, 0.1) is 0 Å². The first-order chi connectivity index (χ1) is 11.8. The molecule has 8 heteroatoms. The molecule has 25 heavy (non-hydrogen) atoms. The Morgan fingerprint density at radius 1 is 1.12 bits per heavy atom. The van der Waals surface area contributed by atoms with Crippen LogP contribution >= 0.6 is 0 Å². The van der Waals surface area contributed by atoms with Crippen LogP contribution in [-0.4, -0.2) is 52.3 Å². The van der Waals surface area contributed by atoms with Gasteiger partial charge in [0, 0.05) is 12.1 Å². The Hall–Kier alpha value is -1.12. The Morgan fingerprint density at radius 2 is 1.76 bits per heavy atom. The lowest BCUT2D eigenvalue weighted by Crippen LogP contribution is -2.47. The van der Waals surface area contributed by atoms with Gasteiger partial charge in [0.1, 0.15) is 5.75 Å². The van der Waals surface area contributed by atoms with E-state index in [2.05, 4.69) is 5.32 Å². The van der Waals surface area contributed by atoms with Crippen LogP contribution in [0.5, 0.6) is 5.75 Å². The van der Waals surface area contributed by atoms with Crippen LogP contribution in [0.25, 0.3) is 0 Å². The predicted octanol–water partition coefficient (Wildman–Crippen LogP) is 1.56. The van der Waals surface area contributed by atoms with Crippen molar-refractivity contribution in [2.75, 3.05) is 18.1 Å². The van der Waals surface area contributed by atoms with Crippen LogP contribution in [0.1, 0.15) is 32.6 Å². The van der Waals surface area contributed by atoms with Crippen molar-refractivity contribution in [3.8, 4) is 5.75 Å². The zero-order valence-electron chi connectivity index (χ0n) is 14.3. The Morgan fingerprint density at radius 3 is 2.36 bits per heavy atom. The number of hydrogen-bond acceptors (Lipinski definition) is 6. The lowest BCUT2D eigenvalue weighted by atomic mass is 10.2. The summed E-state index contributed by atoms with van der Waals surface area (Å²) >= 11 is 0. The summed E-state index contributed by atoms with van der Waals surface area (Å²) in [5, 5.41) is 2.37. The average Bonchev–Trinajstić information content (AvgIpc) is 3.16. The lowest BCUT2D eigenvalue weighted by Gasteiger charge is -2.23. The Balaban J connectivity index is 1.84. The van der Waals surface area contributed by atoms with Gasteiger partial charge in [-0.05, 0) is 44.0 Å². The molecule has 2 unspecified atom stereocenters. The first kappa shape index (κ1) is 18.7. The third-order valence-corrected chi connectivity index (χ3v) is 9.13. The minimum atomic E-state index is -3.73. The molecule has 1 aliphatic heterocycles. The fourth-order valence-electron chi connectivity index (χ4n) is 3.74. The van der Waals surface area contributed by atoms with Gasteiger partial charge in [-0.25, -0.2) is 16.8 Å². The molecule has 2 fully saturated rings. The molecule has 0 amide bonds. The van der Waals surface area contributed by atoms with Crippen LogP contribution < -0.4 is 10.1 Å². The van der Waals surface area contributed by atoms with Gasteiger partial charge in [0.2, 0.25) is 0 Å². The van der Waals surface area contributed by atoms with Gasteiger partial charge < -0.3 is 10.1 Å². The van der Waals surface area contributed by atoms with E-state index in [0.717, 1.165) is 25.7 Å². The quantitative estimate of drug-likeness (QED) is 0.797. The van der Waals surface area contributed by atoms with Crippen molar-refractivity contribution in [1.29, 1.82) is 0 Å². The maximum Gasteiger partial charge on any atom is 0.183 e. The highest BCUT2D eigenvalue weighted by atomic mass is 32.2. The maximum atomic E-state index is 13.0. The Labute approximate surface area is 149 Å². The van der Waals surface area contributed by atoms with Crippen molar-refractivity contribution in [3.05, 3.63) is 24.3 Å². The van der Waals surface area contributed by atoms with E-state index in [-0.39, 0.29) is 22.4 Å². The van der Waals surface area contributed by atoms with Crippen molar-refractivity contribution in [2.45, 2.75) is 54.8 Å². The van der Waals surface area contributed by atoms with E-state index in [9.17, 15) is 16.8 Å². The fourth-order valence-corrected chi connectivity index (χ4v) is 8.42. The molecule has 1 heterocycles. The van der Waals surface area contributed by atoms with E-state index >= 15 is 0 Å². The standard InChI is InChI=1S/C17H25NO5S2/c1-2-23-14-7-9-15(10-8-14)25(21,22)17-12-24(19,20)11-16(17)18-13-5-3-4-6-13/h7-10,13,16-18H,2-6,11-12H2,1H3. The molecule has 2 aliphatic rings.